The quantitative estimate of drug-likeness (QED) is 0.897. The first-order chi connectivity index (χ1) is 8.90. The molecule has 0 bridgehead atoms. The van der Waals surface area contributed by atoms with Crippen LogP contribution < -0.4 is 16.0 Å². The number of benzene rings is 1. The van der Waals surface area contributed by atoms with Gasteiger partial charge < -0.3 is 16.0 Å². The number of fused-ring (bicyclic) bond motifs is 1. The summed E-state index contributed by atoms with van der Waals surface area (Å²) >= 11 is 11.9. The molecular formula is C12H13Cl2N3O2. The van der Waals surface area contributed by atoms with Crippen molar-refractivity contribution in [3.05, 3.63) is 22.2 Å². The van der Waals surface area contributed by atoms with Gasteiger partial charge in [0.05, 0.1) is 21.4 Å². The zero-order valence-corrected chi connectivity index (χ0v) is 11.8. The summed E-state index contributed by atoms with van der Waals surface area (Å²) in [6.07, 6.45) is 0.0954. The molecule has 5 nitrogen and oxygen atoms in total. The second kappa shape index (κ2) is 5.27. The number of hydrogen-bond donors (Lipinski definition) is 2. The first kappa shape index (κ1) is 14.0. The van der Waals surface area contributed by atoms with Crippen LogP contribution in [0.1, 0.15) is 13.3 Å². The molecule has 1 heterocycles. The second-order valence-electron chi connectivity index (χ2n) is 4.36. The second-order valence-corrected chi connectivity index (χ2v) is 5.17. The van der Waals surface area contributed by atoms with Gasteiger partial charge in [-0.2, -0.15) is 0 Å². The minimum Gasteiger partial charge on any atom is -0.372 e. The number of anilines is 2. The molecule has 0 aromatic heterocycles. The summed E-state index contributed by atoms with van der Waals surface area (Å²) in [7, 11) is 0. The number of nitrogens with zero attached hydrogens (tertiary/aromatic N) is 1. The third-order valence-electron chi connectivity index (χ3n) is 2.92. The van der Waals surface area contributed by atoms with Crippen LogP contribution in [0.2, 0.25) is 10.0 Å². The van der Waals surface area contributed by atoms with Crippen molar-refractivity contribution in [2.75, 3.05) is 16.8 Å². The Bertz CT molecular complexity index is 548. The first-order valence-corrected chi connectivity index (χ1v) is 6.51. The van der Waals surface area contributed by atoms with E-state index in [1.807, 2.05) is 0 Å². The van der Waals surface area contributed by atoms with Crippen LogP contribution in [0, 0.1) is 0 Å². The van der Waals surface area contributed by atoms with Gasteiger partial charge in [0.1, 0.15) is 6.04 Å². The van der Waals surface area contributed by atoms with Crippen molar-refractivity contribution in [3.8, 4) is 0 Å². The third-order valence-corrected chi connectivity index (χ3v) is 3.64. The highest BCUT2D eigenvalue weighted by atomic mass is 35.5. The number of nitrogens with one attached hydrogen (secondary N) is 1. The lowest BCUT2D eigenvalue weighted by Gasteiger charge is -2.34. The first-order valence-electron chi connectivity index (χ1n) is 5.75. The topological polar surface area (TPSA) is 75.4 Å². The standard InChI is InChI=1S/C12H13Cl2N3O2/c1-6-12(19)17(3-2-11(15)18)10-5-8(14)7(13)4-9(10)16-6/h4-6,16H,2-3H2,1H3,(H2,15,18). The smallest absolute Gasteiger partial charge is 0.249 e. The van der Waals surface area contributed by atoms with Crippen LogP contribution in [-0.2, 0) is 9.59 Å². The van der Waals surface area contributed by atoms with E-state index in [-0.39, 0.29) is 18.9 Å². The van der Waals surface area contributed by atoms with E-state index >= 15 is 0 Å². The van der Waals surface area contributed by atoms with E-state index in [0.29, 0.717) is 21.4 Å². The Balaban J connectivity index is 2.40. The molecule has 1 unspecified atom stereocenters. The van der Waals surface area contributed by atoms with Crippen molar-refractivity contribution in [2.24, 2.45) is 5.73 Å². The number of hydrogen-bond acceptors (Lipinski definition) is 3. The fraction of sp³-hybridized carbons (Fsp3) is 0.333. The molecule has 1 aromatic carbocycles. The largest absolute Gasteiger partial charge is 0.372 e. The monoisotopic (exact) mass is 301 g/mol. The molecule has 0 spiro atoms. The van der Waals surface area contributed by atoms with Gasteiger partial charge in [-0.3, -0.25) is 9.59 Å². The van der Waals surface area contributed by atoms with E-state index in [1.54, 1.807) is 19.1 Å². The molecule has 1 atom stereocenters. The van der Waals surface area contributed by atoms with Crippen LogP contribution in [0.5, 0.6) is 0 Å². The average molecular weight is 302 g/mol. The van der Waals surface area contributed by atoms with Gasteiger partial charge in [-0.25, -0.2) is 0 Å². The molecule has 102 valence electrons. The summed E-state index contributed by atoms with van der Waals surface area (Å²) in [4.78, 5) is 24.5. The van der Waals surface area contributed by atoms with Gasteiger partial charge >= 0.3 is 0 Å². The molecule has 0 saturated heterocycles. The zero-order chi connectivity index (χ0) is 14.2. The highest BCUT2D eigenvalue weighted by molar-refractivity contribution is 6.42. The van der Waals surface area contributed by atoms with Crippen molar-refractivity contribution < 1.29 is 9.59 Å². The number of carbonyl (C=O) groups is 2. The van der Waals surface area contributed by atoms with E-state index in [4.69, 9.17) is 28.9 Å². The number of rotatable bonds is 3. The Kier molecular flexibility index (Phi) is 3.87. The van der Waals surface area contributed by atoms with Crippen LogP contribution >= 0.6 is 23.2 Å². The number of primary amides is 1. The number of amides is 2. The highest BCUT2D eigenvalue weighted by Gasteiger charge is 2.30. The molecule has 1 aliphatic heterocycles. The predicted molar refractivity (Wildman–Crippen MR) is 75.7 cm³/mol. The lowest BCUT2D eigenvalue weighted by molar-refractivity contribution is -0.119. The van der Waals surface area contributed by atoms with E-state index < -0.39 is 11.9 Å². The Hall–Kier alpha value is -1.46. The maximum atomic E-state index is 12.1. The Labute approximate surface area is 120 Å². The van der Waals surface area contributed by atoms with Crippen LogP contribution in [-0.4, -0.2) is 24.4 Å². The van der Waals surface area contributed by atoms with Crippen molar-refractivity contribution in [2.45, 2.75) is 19.4 Å². The molecular weight excluding hydrogens is 289 g/mol. The van der Waals surface area contributed by atoms with Crippen LogP contribution in [0.4, 0.5) is 11.4 Å². The molecule has 1 aromatic rings. The van der Waals surface area contributed by atoms with E-state index in [0.717, 1.165) is 0 Å². The summed E-state index contributed by atoms with van der Waals surface area (Å²) in [5, 5.41) is 3.81. The summed E-state index contributed by atoms with van der Waals surface area (Å²) in [5.41, 5.74) is 6.45. The number of nitrogens with two attached hydrogens (primary N) is 1. The lowest BCUT2D eigenvalue weighted by Crippen LogP contribution is -2.46. The fourth-order valence-electron chi connectivity index (χ4n) is 1.98. The van der Waals surface area contributed by atoms with Gasteiger partial charge in [0.15, 0.2) is 0 Å². The minimum absolute atomic E-state index is 0.0954. The maximum absolute atomic E-state index is 12.1. The summed E-state index contributed by atoms with van der Waals surface area (Å²) in [6, 6.07) is 2.88. The van der Waals surface area contributed by atoms with E-state index in [9.17, 15) is 9.59 Å². The fourth-order valence-corrected chi connectivity index (χ4v) is 2.30. The van der Waals surface area contributed by atoms with E-state index in [2.05, 4.69) is 5.32 Å². The van der Waals surface area contributed by atoms with Crippen molar-refractivity contribution >= 4 is 46.4 Å². The van der Waals surface area contributed by atoms with Crippen LogP contribution in [0.15, 0.2) is 12.1 Å². The van der Waals surface area contributed by atoms with Gasteiger partial charge in [-0.1, -0.05) is 23.2 Å². The average Bonchev–Trinajstić information content (AvgIpc) is 2.32. The summed E-state index contributed by atoms with van der Waals surface area (Å²) in [6.45, 7) is 1.97. The predicted octanol–water partition coefficient (Wildman–Crippen LogP) is 2.02. The molecule has 0 fully saturated rings. The van der Waals surface area contributed by atoms with Crippen molar-refractivity contribution in [1.82, 2.24) is 0 Å². The minimum atomic E-state index is -0.458. The zero-order valence-electron chi connectivity index (χ0n) is 10.2. The molecule has 2 rings (SSSR count). The number of carbonyl (C=O) groups excluding carboxylic acids is 2. The molecule has 1 aliphatic rings. The normalized spacial score (nSPS) is 17.9. The Morgan fingerprint density at radius 3 is 2.68 bits per heavy atom. The molecule has 2 amide bonds. The van der Waals surface area contributed by atoms with Gasteiger partial charge in [0, 0.05) is 13.0 Å². The van der Waals surface area contributed by atoms with Crippen LogP contribution in [0.3, 0.4) is 0 Å². The van der Waals surface area contributed by atoms with Gasteiger partial charge in [-0.15, -0.1) is 0 Å². The van der Waals surface area contributed by atoms with Crippen LogP contribution in [0.25, 0.3) is 0 Å². The van der Waals surface area contributed by atoms with Gasteiger partial charge in [0.2, 0.25) is 11.8 Å². The molecule has 19 heavy (non-hydrogen) atoms. The SMILES string of the molecule is CC1Nc2cc(Cl)c(Cl)cc2N(CCC(N)=O)C1=O. The molecule has 3 N–H and O–H groups in total. The maximum Gasteiger partial charge on any atom is 0.249 e. The summed E-state index contributed by atoms with van der Waals surface area (Å²) in [5.74, 6) is -0.590. The molecule has 7 heteroatoms. The summed E-state index contributed by atoms with van der Waals surface area (Å²) < 4.78 is 0. The van der Waals surface area contributed by atoms with Gasteiger partial charge in [-0.05, 0) is 19.1 Å². The molecule has 0 saturated carbocycles. The van der Waals surface area contributed by atoms with Crippen molar-refractivity contribution in [3.63, 3.8) is 0 Å². The molecule has 0 radical (unpaired) electrons. The number of halogens is 2. The Morgan fingerprint density at radius 2 is 2.05 bits per heavy atom. The van der Waals surface area contributed by atoms with E-state index in [1.165, 1.54) is 4.90 Å². The molecule has 0 aliphatic carbocycles. The Morgan fingerprint density at radius 1 is 1.42 bits per heavy atom. The third kappa shape index (κ3) is 2.77. The van der Waals surface area contributed by atoms with Gasteiger partial charge in [0.25, 0.3) is 0 Å². The highest BCUT2D eigenvalue weighted by Crippen LogP contribution is 2.38. The van der Waals surface area contributed by atoms with Crippen molar-refractivity contribution in [1.29, 1.82) is 0 Å². The lowest BCUT2D eigenvalue weighted by atomic mass is 10.1.